The fraction of sp³-hybridized carbons (Fsp3) is 0.333. The van der Waals surface area contributed by atoms with E-state index in [-0.39, 0.29) is 4.90 Å². The molecule has 0 aromatic heterocycles. The van der Waals surface area contributed by atoms with Gasteiger partial charge < -0.3 is 13.7 Å². The summed E-state index contributed by atoms with van der Waals surface area (Å²) >= 11 is 0. The SMILES string of the molecule is COCCOc1ccc(S(=O)(=O)Oc2cc(C)cc(C)c2)cc1C. The van der Waals surface area contributed by atoms with Crippen molar-refractivity contribution in [3.8, 4) is 11.5 Å². The maximum Gasteiger partial charge on any atom is 0.339 e. The Morgan fingerprint density at radius 1 is 0.917 bits per heavy atom. The van der Waals surface area contributed by atoms with E-state index >= 15 is 0 Å². The molecule has 0 atom stereocenters. The normalized spacial score (nSPS) is 11.3. The molecule has 0 fully saturated rings. The second-order valence-electron chi connectivity index (χ2n) is 5.63. The van der Waals surface area contributed by atoms with Gasteiger partial charge >= 0.3 is 10.1 Å². The zero-order valence-corrected chi connectivity index (χ0v) is 15.1. The Labute approximate surface area is 143 Å². The molecule has 0 bridgehead atoms. The summed E-state index contributed by atoms with van der Waals surface area (Å²) in [5.74, 6) is 0.933. The Kier molecular flexibility index (Phi) is 5.85. The fourth-order valence-electron chi connectivity index (χ4n) is 2.33. The monoisotopic (exact) mass is 350 g/mol. The van der Waals surface area contributed by atoms with E-state index in [2.05, 4.69) is 0 Å². The van der Waals surface area contributed by atoms with Crippen molar-refractivity contribution in [1.29, 1.82) is 0 Å². The molecule has 0 radical (unpaired) electrons. The van der Waals surface area contributed by atoms with E-state index in [1.54, 1.807) is 38.3 Å². The summed E-state index contributed by atoms with van der Waals surface area (Å²) in [7, 11) is -2.30. The van der Waals surface area contributed by atoms with E-state index in [1.807, 2.05) is 19.9 Å². The fourth-order valence-corrected chi connectivity index (χ4v) is 3.33. The number of rotatable bonds is 7. The van der Waals surface area contributed by atoms with Gasteiger partial charge in [0.15, 0.2) is 0 Å². The predicted octanol–water partition coefficient (Wildman–Crippen LogP) is 3.40. The second kappa shape index (κ2) is 7.68. The lowest BCUT2D eigenvalue weighted by atomic mass is 10.1. The first-order valence-electron chi connectivity index (χ1n) is 7.57. The van der Waals surface area contributed by atoms with Crippen LogP contribution in [0.1, 0.15) is 16.7 Å². The average Bonchev–Trinajstić information content (AvgIpc) is 2.47. The van der Waals surface area contributed by atoms with Crippen molar-refractivity contribution in [3.63, 3.8) is 0 Å². The van der Waals surface area contributed by atoms with Gasteiger partial charge in [0.05, 0.1) is 6.61 Å². The first-order chi connectivity index (χ1) is 11.3. The van der Waals surface area contributed by atoms with Crippen LogP contribution in [0.25, 0.3) is 0 Å². The van der Waals surface area contributed by atoms with Gasteiger partial charge in [0.25, 0.3) is 0 Å². The number of ether oxygens (including phenoxy) is 2. The molecule has 0 unspecified atom stereocenters. The molecule has 2 rings (SSSR count). The Morgan fingerprint density at radius 2 is 1.58 bits per heavy atom. The Balaban J connectivity index is 2.21. The van der Waals surface area contributed by atoms with E-state index in [0.29, 0.717) is 24.7 Å². The number of hydrogen-bond donors (Lipinski definition) is 0. The largest absolute Gasteiger partial charge is 0.491 e. The molecule has 6 heteroatoms. The van der Waals surface area contributed by atoms with Crippen LogP contribution in [0.15, 0.2) is 41.3 Å². The average molecular weight is 350 g/mol. The lowest BCUT2D eigenvalue weighted by molar-refractivity contribution is 0.146. The molecule has 130 valence electrons. The first kappa shape index (κ1) is 18.3. The Hall–Kier alpha value is -2.05. The minimum Gasteiger partial charge on any atom is -0.491 e. The van der Waals surface area contributed by atoms with Crippen molar-refractivity contribution in [2.45, 2.75) is 25.7 Å². The minimum absolute atomic E-state index is 0.0956. The minimum atomic E-state index is -3.89. The number of aryl methyl sites for hydroxylation is 3. The molecule has 0 heterocycles. The van der Waals surface area contributed by atoms with Crippen LogP contribution in [-0.4, -0.2) is 28.7 Å². The number of hydrogen-bond acceptors (Lipinski definition) is 5. The molecule has 24 heavy (non-hydrogen) atoms. The van der Waals surface area contributed by atoms with Crippen LogP contribution in [0.3, 0.4) is 0 Å². The summed E-state index contributed by atoms with van der Waals surface area (Å²) in [6.07, 6.45) is 0. The van der Waals surface area contributed by atoms with Crippen LogP contribution in [0.4, 0.5) is 0 Å². The van der Waals surface area contributed by atoms with E-state index < -0.39 is 10.1 Å². The van der Waals surface area contributed by atoms with Crippen molar-refractivity contribution in [3.05, 3.63) is 53.1 Å². The van der Waals surface area contributed by atoms with Gasteiger partial charge in [-0.1, -0.05) is 6.07 Å². The zero-order chi connectivity index (χ0) is 17.7. The summed E-state index contributed by atoms with van der Waals surface area (Å²) in [4.78, 5) is 0.0956. The van der Waals surface area contributed by atoms with Crippen LogP contribution in [0.2, 0.25) is 0 Å². The second-order valence-corrected chi connectivity index (χ2v) is 7.18. The number of methoxy groups -OCH3 is 1. The molecule has 2 aromatic rings. The Morgan fingerprint density at radius 3 is 2.17 bits per heavy atom. The quantitative estimate of drug-likeness (QED) is 0.566. The van der Waals surface area contributed by atoms with Crippen LogP contribution in [-0.2, 0) is 14.9 Å². The summed E-state index contributed by atoms with van der Waals surface area (Å²) in [5.41, 5.74) is 2.60. The molecule has 5 nitrogen and oxygen atoms in total. The van der Waals surface area contributed by atoms with Gasteiger partial charge in [-0.05, 0) is 67.8 Å². The third-order valence-corrected chi connectivity index (χ3v) is 4.62. The van der Waals surface area contributed by atoms with E-state index in [0.717, 1.165) is 16.7 Å². The van der Waals surface area contributed by atoms with Crippen molar-refractivity contribution in [2.24, 2.45) is 0 Å². The van der Waals surface area contributed by atoms with E-state index in [9.17, 15) is 8.42 Å². The van der Waals surface area contributed by atoms with Gasteiger partial charge in [0.2, 0.25) is 0 Å². The molecule has 0 spiro atoms. The standard InChI is InChI=1S/C18H22O5S/c1-13-9-14(2)11-16(10-13)23-24(19,20)17-5-6-18(15(3)12-17)22-8-7-21-4/h5-6,9-12H,7-8H2,1-4H3. The van der Waals surface area contributed by atoms with Gasteiger partial charge in [0, 0.05) is 7.11 Å². The maximum atomic E-state index is 12.5. The van der Waals surface area contributed by atoms with Gasteiger partial charge in [0.1, 0.15) is 23.0 Å². The lowest BCUT2D eigenvalue weighted by Gasteiger charge is -2.12. The van der Waals surface area contributed by atoms with Crippen molar-refractivity contribution in [2.75, 3.05) is 20.3 Å². The molecule has 2 aromatic carbocycles. The van der Waals surface area contributed by atoms with Crippen LogP contribution in [0, 0.1) is 20.8 Å². The summed E-state index contributed by atoms with van der Waals surface area (Å²) < 4.78 is 40.6. The van der Waals surface area contributed by atoms with E-state index in [1.165, 1.54) is 6.07 Å². The summed E-state index contributed by atoms with van der Waals surface area (Å²) in [5, 5.41) is 0. The summed E-state index contributed by atoms with van der Waals surface area (Å²) in [6, 6.07) is 9.99. The predicted molar refractivity (Wildman–Crippen MR) is 92.3 cm³/mol. The molecule has 0 saturated heterocycles. The molecule has 0 N–H and O–H groups in total. The molecule has 0 aliphatic heterocycles. The highest BCUT2D eigenvalue weighted by atomic mass is 32.2. The van der Waals surface area contributed by atoms with Crippen LogP contribution in [0.5, 0.6) is 11.5 Å². The van der Waals surface area contributed by atoms with Gasteiger partial charge in [-0.15, -0.1) is 0 Å². The molecule has 0 amide bonds. The third-order valence-electron chi connectivity index (χ3n) is 3.38. The third kappa shape index (κ3) is 4.72. The molecular weight excluding hydrogens is 328 g/mol. The van der Waals surface area contributed by atoms with E-state index in [4.69, 9.17) is 13.7 Å². The van der Waals surface area contributed by atoms with Crippen LogP contribution < -0.4 is 8.92 Å². The molecule has 0 saturated carbocycles. The molecular formula is C18H22O5S. The van der Waals surface area contributed by atoms with Crippen molar-refractivity contribution < 1.29 is 22.1 Å². The first-order valence-corrected chi connectivity index (χ1v) is 8.98. The van der Waals surface area contributed by atoms with Crippen LogP contribution >= 0.6 is 0 Å². The smallest absolute Gasteiger partial charge is 0.339 e. The highest BCUT2D eigenvalue weighted by Gasteiger charge is 2.18. The molecule has 0 aliphatic carbocycles. The zero-order valence-electron chi connectivity index (χ0n) is 14.3. The maximum absolute atomic E-state index is 12.5. The molecule has 0 aliphatic rings. The number of benzene rings is 2. The summed E-state index contributed by atoms with van der Waals surface area (Å²) in [6.45, 7) is 6.45. The highest BCUT2D eigenvalue weighted by Crippen LogP contribution is 2.25. The topological polar surface area (TPSA) is 61.8 Å². The Bertz CT molecular complexity index is 792. The highest BCUT2D eigenvalue weighted by molar-refractivity contribution is 7.87. The lowest BCUT2D eigenvalue weighted by Crippen LogP contribution is -2.11. The van der Waals surface area contributed by atoms with Crippen molar-refractivity contribution in [1.82, 2.24) is 0 Å². The van der Waals surface area contributed by atoms with Gasteiger partial charge in [-0.3, -0.25) is 0 Å². The van der Waals surface area contributed by atoms with Gasteiger partial charge in [-0.2, -0.15) is 8.42 Å². The van der Waals surface area contributed by atoms with Gasteiger partial charge in [-0.25, -0.2) is 0 Å². The van der Waals surface area contributed by atoms with Crippen molar-refractivity contribution >= 4 is 10.1 Å².